The topological polar surface area (TPSA) is 106 Å². The third-order valence-electron chi connectivity index (χ3n) is 4.50. The van der Waals surface area contributed by atoms with Crippen LogP contribution in [0.3, 0.4) is 0 Å². The Bertz CT molecular complexity index is 851. The molecule has 8 nitrogen and oxygen atoms in total. The average molecular weight is 378 g/mol. The van der Waals surface area contributed by atoms with E-state index in [2.05, 4.69) is 15.1 Å². The maximum atomic E-state index is 12.4. The Morgan fingerprint density at radius 1 is 1.35 bits per heavy atom. The van der Waals surface area contributed by atoms with Crippen LogP contribution in [0.25, 0.3) is 11.4 Å². The van der Waals surface area contributed by atoms with E-state index in [9.17, 15) is 13.2 Å². The zero-order valence-corrected chi connectivity index (χ0v) is 15.5. The average Bonchev–Trinajstić information content (AvgIpc) is 3.23. The fourth-order valence-corrected chi connectivity index (χ4v) is 4.90. The van der Waals surface area contributed by atoms with Crippen LogP contribution in [0.4, 0.5) is 0 Å². The first-order chi connectivity index (χ1) is 12.5. The smallest absolute Gasteiger partial charge is 0.226 e. The van der Waals surface area contributed by atoms with Gasteiger partial charge in [-0.05, 0) is 31.9 Å². The zero-order chi connectivity index (χ0) is 18.6. The second-order valence-electron chi connectivity index (χ2n) is 6.34. The minimum absolute atomic E-state index is 0.0246. The molecule has 1 unspecified atom stereocenters. The first-order valence-corrected chi connectivity index (χ1v) is 10.5. The number of pyridine rings is 1. The molecule has 2 aromatic heterocycles. The predicted octanol–water partition coefficient (Wildman–Crippen LogP) is 1.49. The number of amides is 1. The number of carbonyl (C=O) groups is 1. The van der Waals surface area contributed by atoms with E-state index in [1.54, 1.807) is 29.4 Å². The maximum Gasteiger partial charge on any atom is 0.226 e. The van der Waals surface area contributed by atoms with Gasteiger partial charge in [0, 0.05) is 43.4 Å². The quantitative estimate of drug-likeness (QED) is 0.718. The zero-order valence-electron chi connectivity index (χ0n) is 14.7. The molecule has 26 heavy (non-hydrogen) atoms. The fourth-order valence-electron chi connectivity index (χ4n) is 3.17. The molecule has 0 aliphatic carbocycles. The Kier molecular flexibility index (Phi) is 5.65. The minimum Gasteiger partial charge on any atom is -0.339 e. The van der Waals surface area contributed by atoms with E-state index in [0.29, 0.717) is 43.9 Å². The minimum atomic E-state index is -3.00. The number of carbonyl (C=O) groups excluding carboxylic acids is 1. The molecule has 0 N–H and O–H groups in total. The summed E-state index contributed by atoms with van der Waals surface area (Å²) in [6.45, 7) is 2.40. The summed E-state index contributed by atoms with van der Waals surface area (Å²) in [5.41, 5.74) is 0.825. The number of sulfone groups is 1. The maximum absolute atomic E-state index is 12.4. The van der Waals surface area contributed by atoms with Crippen molar-refractivity contribution in [2.24, 2.45) is 0 Å². The van der Waals surface area contributed by atoms with Gasteiger partial charge in [0.15, 0.2) is 9.84 Å². The highest BCUT2D eigenvalue weighted by atomic mass is 32.2. The van der Waals surface area contributed by atoms with E-state index in [1.165, 1.54) is 0 Å². The Morgan fingerprint density at radius 3 is 2.77 bits per heavy atom. The summed E-state index contributed by atoms with van der Waals surface area (Å²) in [5.74, 6) is 1.20. The number of aryl methyl sites for hydroxylation is 1. The van der Waals surface area contributed by atoms with Gasteiger partial charge in [-0.1, -0.05) is 5.16 Å². The van der Waals surface area contributed by atoms with Gasteiger partial charge in [-0.2, -0.15) is 4.98 Å². The molecule has 0 spiro atoms. The van der Waals surface area contributed by atoms with Gasteiger partial charge in [-0.25, -0.2) is 8.42 Å². The van der Waals surface area contributed by atoms with E-state index < -0.39 is 9.84 Å². The van der Waals surface area contributed by atoms with Crippen LogP contribution >= 0.6 is 0 Å². The first kappa shape index (κ1) is 18.5. The van der Waals surface area contributed by atoms with Crippen LogP contribution in [-0.4, -0.2) is 58.4 Å². The van der Waals surface area contributed by atoms with Crippen molar-refractivity contribution in [3.05, 3.63) is 30.4 Å². The molecule has 1 aliphatic rings. The fraction of sp³-hybridized carbons (Fsp3) is 0.529. The SMILES string of the molecule is CCN(C(=O)CCCc1nc(-c2ccncc2)no1)C1CCS(=O)(=O)C1. The van der Waals surface area contributed by atoms with E-state index in [0.717, 1.165) is 5.56 Å². The van der Waals surface area contributed by atoms with Crippen LogP contribution in [0, 0.1) is 0 Å². The Labute approximate surface area is 152 Å². The Morgan fingerprint density at radius 2 is 2.12 bits per heavy atom. The van der Waals surface area contributed by atoms with Crippen LogP contribution in [0.5, 0.6) is 0 Å². The van der Waals surface area contributed by atoms with Crippen LogP contribution in [0.1, 0.15) is 32.1 Å². The van der Waals surface area contributed by atoms with Gasteiger partial charge < -0.3 is 9.42 Å². The number of hydrogen-bond acceptors (Lipinski definition) is 7. The lowest BCUT2D eigenvalue weighted by atomic mass is 10.1. The molecule has 2 aromatic rings. The largest absolute Gasteiger partial charge is 0.339 e. The summed E-state index contributed by atoms with van der Waals surface area (Å²) in [7, 11) is -3.00. The predicted molar refractivity (Wildman–Crippen MR) is 94.9 cm³/mol. The van der Waals surface area contributed by atoms with Gasteiger partial charge in [0.25, 0.3) is 0 Å². The molecule has 0 saturated carbocycles. The molecule has 140 valence electrons. The molecule has 1 fully saturated rings. The molecule has 1 saturated heterocycles. The van der Waals surface area contributed by atoms with Crippen molar-refractivity contribution in [1.82, 2.24) is 20.0 Å². The summed E-state index contributed by atoms with van der Waals surface area (Å²) in [6, 6.07) is 3.40. The van der Waals surface area contributed by atoms with Gasteiger partial charge in [-0.15, -0.1) is 0 Å². The summed E-state index contributed by atoms with van der Waals surface area (Å²) in [4.78, 5) is 22.4. The van der Waals surface area contributed by atoms with Crippen LogP contribution in [0.15, 0.2) is 29.0 Å². The van der Waals surface area contributed by atoms with Crippen molar-refractivity contribution in [2.75, 3.05) is 18.1 Å². The van der Waals surface area contributed by atoms with E-state index in [-0.39, 0.29) is 23.5 Å². The molecule has 1 atom stereocenters. The van der Waals surface area contributed by atoms with Gasteiger partial charge >= 0.3 is 0 Å². The van der Waals surface area contributed by atoms with Crippen molar-refractivity contribution >= 4 is 15.7 Å². The van der Waals surface area contributed by atoms with E-state index in [1.807, 2.05) is 6.92 Å². The molecule has 0 aromatic carbocycles. The van der Waals surface area contributed by atoms with E-state index >= 15 is 0 Å². The van der Waals surface area contributed by atoms with Crippen molar-refractivity contribution in [3.63, 3.8) is 0 Å². The molecule has 1 aliphatic heterocycles. The van der Waals surface area contributed by atoms with Crippen molar-refractivity contribution in [2.45, 2.75) is 38.6 Å². The van der Waals surface area contributed by atoms with Crippen LogP contribution < -0.4 is 0 Å². The summed E-state index contributed by atoms with van der Waals surface area (Å²) < 4.78 is 28.5. The second kappa shape index (κ2) is 7.94. The highest BCUT2D eigenvalue weighted by Gasteiger charge is 2.33. The van der Waals surface area contributed by atoms with Crippen LogP contribution in [0.2, 0.25) is 0 Å². The lowest BCUT2D eigenvalue weighted by Crippen LogP contribution is -2.40. The third-order valence-corrected chi connectivity index (χ3v) is 6.25. The number of nitrogens with zero attached hydrogens (tertiary/aromatic N) is 4. The first-order valence-electron chi connectivity index (χ1n) is 8.71. The number of hydrogen-bond donors (Lipinski definition) is 0. The molecule has 3 rings (SSSR count). The molecular formula is C17H22N4O4S. The third kappa shape index (κ3) is 4.46. The van der Waals surface area contributed by atoms with Crippen molar-refractivity contribution < 1.29 is 17.7 Å². The molecule has 0 bridgehead atoms. The van der Waals surface area contributed by atoms with Gasteiger partial charge in [0.1, 0.15) is 0 Å². The highest BCUT2D eigenvalue weighted by Crippen LogP contribution is 2.19. The molecular weight excluding hydrogens is 356 g/mol. The molecule has 0 radical (unpaired) electrons. The summed E-state index contributed by atoms with van der Waals surface area (Å²) in [6.07, 6.45) is 5.26. The summed E-state index contributed by atoms with van der Waals surface area (Å²) >= 11 is 0. The number of aromatic nitrogens is 3. The molecule has 3 heterocycles. The summed E-state index contributed by atoms with van der Waals surface area (Å²) in [5, 5.41) is 3.94. The Hall–Kier alpha value is -2.29. The Balaban J connectivity index is 1.51. The van der Waals surface area contributed by atoms with E-state index in [4.69, 9.17) is 4.52 Å². The standard InChI is InChI=1S/C17H22N4O4S/c1-2-21(14-8-11-26(23,24)12-14)16(22)5-3-4-15-19-17(20-25-15)13-6-9-18-10-7-13/h6-7,9-10,14H,2-5,8,11-12H2,1H3. The van der Waals surface area contributed by atoms with Gasteiger partial charge in [-0.3, -0.25) is 9.78 Å². The molecule has 1 amide bonds. The number of rotatable bonds is 7. The van der Waals surface area contributed by atoms with Crippen LogP contribution in [-0.2, 0) is 21.1 Å². The monoisotopic (exact) mass is 378 g/mol. The van der Waals surface area contributed by atoms with Gasteiger partial charge in [0.05, 0.1) is 11.5 Å². The lowest BCUT2D eigenvalue weighted by molar-refractivity contribution is -0.132. The normalized spacial score (nSPS) is 18.7. The van der Waals surface area contributed by atoms with Crippen molar-refractivity contribution in [1.29, 1.82) is 0 Å². The second-order valence-corrected chi connectivity index (χ2v) is 8.57. The highest BCUT2D eigenvalue weighted by molar-refractivity contribution is 7.91. The lowest BCUT2D eigenvalue weighted by Gasteiger charge is -2.26. The van der Waals surface area contributed by atoms with Crippen molar-refractivity contribution in [3.8, 4) is 11.4 Å². The molecule has 9 heteroatoms. The van der Waals surface area contributed by atoms with Gasteiger partial charge in [0.2, 0.25) is 17.6 Å².